The summed E-state index contributed by atoms with van der Waals surface area (Å²) in [5.41, 5.74) is 2.40. The Morgan fingerprint density at radius 2 is 1.96 bits per heavy atom. The van der Waals surface area contributed by atoms with E-state index in [2.05, 4.69) is 42.5 Å². The molecule has 0 aliphatic rings. The SMILES string of the molecule is Cc1ccsc1C[NH+](C)Cc1nc2sc(-c3ccccc3)cc2c(=O)[nH]1. The largest absolute Gasteiger partial charge is 0.327 e. The summed E-state index contributed by atoms with van der Waals surface area (Å²) < 4.78 is 0. The summed E-state index contributed by atoms with van der Waals surface area (Å²) in [6.07, 6.45) is 0. The van der Waals surface area contributed by atoms with Crippen LogP contribution in [0.3, 0.4) is 0 Å². The lowest BCUT2D eigenvalue weighted by Crippen LogP contribution is -3.06. The van der Waals surface area contributed by atoms with Gasteiger partial charge in [-0.25, -0.2) is 4.98 Å². The smallest absolute Gasteiger partial charge is 0.259 e. The first-order chi connectivity index (χ1) is 12.6. The summed E-state index contributed by atoms with van der Waals surface area (Å²) in [6, 6.07) is 14.2. The topological polar surface area (TPSA) is 50.2 Å². The van der Waals surface area contributed by atoms with Crippen molar-refractivity contribution in [2.75, 3.05) is 7.05 Å². The molecule has 0 amide bonds. The summed E-state index contributed by atoms with van der Waals surface area (Å²) >= 11 is 3.36. The first-order valence-electron chi connectivity index (χ1n) is 8.52. The van der Waals surface area contributed by atoms with Gasteiger partial charge >= 0.3 is 0 Å². The van der Waals surface area contributed by atoms with E-state index in [1.54, 1.807) is 22.7 Å². The molecule has 0 fully saturated rings. The molecule has 3 aromatic heterocycles. The van der Waals surface area contributed by atoms with Crippen molar-refractivity contribution in [3.8, 4) is 10.4 Å². The summed E-state index contributed by atoms with van der Waals surface area (Å²) in [5, 5.41) is 2.80. The zero-order valence-corrected chi connectivity index (χ0v) is 16.3. The average Bonchev–Trinajstić information content (AvgIpc) is 3.23. The molecule has 0 aliphatic heterocycles. The van der Waals surface area contributed by atoms with E-state index in [-0.39, 0.29) is 5.56 Å². The Hall–Kier alpha value is -2.28. The van der Waals surface area contributed by atoms with Gasteiger partial charge in [-0.1, -0.05) is 30.3 Å². The maximum atomic E-state index is 12.5. The van der Waals surface area contributed by atoms with Gasteiger partial charge in [0, 0.05) is 4.88 Å². The van der Waals surface area contributed by atoms with Crippen LogP contribution in [0.2, 0.25) is 0 Å². The lowest BCUT2D eigenvalue weighted by molar-refractivity contribution is -0.908. The van der Waals surface area contributed by atoms with Gasteiger partial charge in [0.15, 0.2) is 5.82 Å². The normalized spacial score (nSPS) is 12.5. The van der Waals surface area contributed by atoms with Gasteiger partial charge in [0.05, 0.1) is 17.3 Å². The van der Waals surface area contributed by atoms with Gasteiger partial charge < -0.3 is 9.88 Å². The summed E-state index contributed by atoms with van der Waals surface area (Å²) in [5.74, 6) is 0.746. The van der Waals surface area contributed by atoms with Crippen molar-refractivity contribution in [3.05, 3.63) is 74.5 Å². The number of aromatic nitrogens is 2. The van der Waals surface area contributed by atoms with Crippen LogP contribution in [0, 0.1) is 6.92 Å². The van der Waals surface area contributed by atoms with Crippen molar-refractivity contribution in [1.29, 1.82) is 0 Å². The fourth-order valence-electron chi connectivity index (χ4n) is 3.01. The van der Waals surface area contributed by atoms with Crippen LogP contribution in [-0.2, 0) is 13.1 Å². The molecule has 0 aliphatic carbocycles. The van der Waals surface area contributed by atoms with E-state index in [0.717, 1.165) is 27.6 Å². The van der Waals surface area contributed by atoms with Gasteiger partial charge in [-0.2, -0.15) is 0 Å². The Bertz CT molecular complexity index is 1100. The number of aromatic amines is 1. The van der Waals surface area contributed by atoms with Crippen LogP contribution in [0.15, 0.2) is 52.6 Å². The molecule has 0 saturated carbocycles. The standard InChI is InChI=1S/C20H19N3OS2/c1-13-8-9-25-17(13)11-23(2)12-18-21-19(24)15-10-16(26-20(15)22-18)14-6-4-3-5-7-14/h3-10H,11-12H2,1-2H3,(H,21,22,24)/p+1. The minimum atomic E-state index is -0.0523. The number of nitrogens with zero attached hydrogens (tertiary/aromatic N) is 1. The van der Waals surface area contributed by atoms with E-state index in [1.807, 2.05) is 24.3 Å². The monoisotopic (exact) mass is 382 g/mol. The summed E-state index contributed by atoms with van der Waals surface area (Å²) in [7, 11) is 2.13. The zero-order valence-electron chi connectivity index (χ0n) is 14.7. The fourth-order valence-corrected chi connectivity index (χ4v) is 5.09. The van der Waals surface area contributed by atoms with Gasteiger partial charge in [-0.05, 0) is 35.6 Å². The first kappa shape index (κ1) is 17.1. The van der Waals surface area contributed by atoms with Crippen molar-refractivity contribution in [2.24, 2.45) is 0 Å². The van der Waals surface area contributed by atoms with Gasteiger partial charge in [0.1, 0.15) is 17.9 Å². The van der Waals surface area contributed by atoms with Crippen LogP contribution < -0.4 is 10.5 Å². The molecular weight excluding hydrogens is 362 g/mol. The van der Waals surface area contributed by atoms with E-state index in [0.29, 0.717) is 11.9 Å². The molecule has 1 unspecified atom stereocenters. The molecule has 0 radical (unpaired) electrons. The molecule has 1 aromatic carbocycles. The molecule has 1 atom stereocenters. The van der Waals surface area contributed by atoms with Crippen molar-refractivity contribution in [2.45, 2.75) is 20.0 Å². The van der Waals surface area contributed by atoms with Gasteiger partial charge in [-0.3, -0.25) is 4.79 Å². The van der Waals surface area contributed by atoms with Crippen LogP contribution in [0.25, 0.3) is 20.7 Å². The number of rotatable bonds is 5. The van der Waals surface area contributed by atoms with Crippen molar-refractivity contribution in [3.63, 3.8) is 0 Å². The number of fused-ring (bicyclic) bond motifs is 1. The second-order valence-electron chi connectivity index (χ2n) is 6.55. The Morgan fingerprint density at radius 3 is 2.69 bits per heavy atom. The highest BCUT2D eigenvalue weighted by molar-refractivity contribution is 7.21. The molecular formula is C20H20N3OS2+. The molecule has 26 heavy (non-hydrogen) atoms. The van der Waals surface area contributed by atoms with Crippen molar-refractivity contribution >= 4 is 32.9 Å². The van der Waals surface area contributed by atoms with Crippen LogP contribution in [0.5, 0.6) is 0 Å². The van der Waals surface area contributed by atoms with E-state index < -0.39 is 0 Å². The number of H-pyrrole nitrogens is 1. The number of nitrogens with one attached hydrogen (secondary N) is 2. The highest BCUT2D eigenvalue weighted by Gasteiger charge is 2.14. The Labute approximate surface area is 159 Å². The average molecular weight is 383 g/mol. The van der Waals surface area contributed by atoms with Gasteiger partial charge in [-0.15, -0.1) is 22.7 Å². The first-order valence-corrected chi connectivity index (χ1v) is 10.2. The molecule has 3 heterocycles. The lowest BCUT2D eigenvalue weighted by atomic mass is 10.2. The van der Waals surface area contributed by atoms with E-state index in [4.69, 9.17) is 4.98 Å². The third-order valence-corrected chi connectivity index (χ3v) is 6.51. The van der Waals surface area contributed by atoms with Gasteiger partial charge in [0.2, 0.25) is 0 Å². The quantitative estimate of drug-likeness (QED) is 0.557. The molecule has 132 valence electrons. The highest BCUT2D eigenvalue weighted by Crippen LogP contribution is 2.30. The van der Waals surface area contributed by atoms with Crippen molar-refractivity contribution < 1.29 is 4.90 Å². The molecule has 6 heteroatoms. The Kier molecular flexibility index (Phi) is 4.72. The predicted octanol–water partition coefficient (Wildman–Crippen LogP) is 3.24. The zero-order chi connectivity index (χ0) is 18.1. The summed E-state index contributed by atoms with van der Waals surface area (Å²) in [6.45, 7) is 3.77. The van der Waals surface area contributed by atoms with Crippen LogP contribution in [0.1, 0.15) is 16.3 Å². The molecule has 0 saturated heterocycles. The Morgan fingerprint density at radius 1 is 1.15 bits per heavy atom. The van der Waals surface area contributed by atoms with Crippen LogP contribution in [-0.4, -0.2) is 17.0 Å². The van der Waals surface area contributed by atoms with Crippen molar-refractivity contribution in [1.82, 2.24) is 9.97 Å². The van der Waals surface area contributed by atoms with E-state index in [1.165, 1.54) is 15.3 Å². The van der Waals surface area contributed by atoms with Crippen LogP contribution in [0.4, 0.5) is 0 Å². The molecule has 0 bridgehead atoms. The highest BCUT2D eigenvalue weighted by atomic mass is 32.1. The molecule has 4 rings (SSSR count). The maximum absolute atomic E-state index is 12.5. The summed E-state index contributed by atoms with van der Waals surface area (Å²) in [4.78, 5) is 24.8. The minimum absolute atomic E-state index is 0.0523. The van der Waals surface area contributed by atoms with E-state index >= 15 is 0 Å². The second kappa shape index (κ2) is 7.15. The predicted molar refractivity (Wildman–Crippen MR) is 109 cm³/mol. The Balaban J connectivity index is 1.60. The van der Waals surface area contributed by atoms with Crippen LogP contribution >= 0.6 is 22.7 Å². The van der Waals surface area contributed by atoms with Gasteiger partial charge in [0.25, 0.3) is 5.56 Å². The third kappa shape index (κ3) is 3.49. The number of hydrogen-bond donors (Lipinski definition) is 2. The minimum Gasteiger partial charge on any atom is -0.327 e. The lowest BCUT2D eigenvalue weighted by Gasteiger charge is -2.12. The molecule has 2 N–H and O–H groups in total. The third-order valence-electron chi connectivity index (χ3n) is 4.41. The number of aryl methyl sites for hydroxylation is 1. The second-order valence-corrected chi connectivity index (χ2v) is 8.58. The number of quaternary nitrogens is 1. The maximum Gasteiger partial charge on any atom is 0.259 e. The molecule has 4 aromatic rings. The fraction of sp³-hybridized carbons (Fsp3) is 0.200. The van der Waals surface area contributed by atoms with E-state index in [9.17, 15) is 4.79 Å². The molecule has 0 spiro atoms. The number of hydrogen-bond acceptors (Lipinski definition) is 4. The molecule has 4 nitrogen and oxygen atoms in total. The number of thiophene rings is 2. The number of benzene rings is 1.